The lowest BCUT2D eigenvalue weighted by Crippen LogP contribution is -2.23. The summed E-state index contributed by atoms with van der Waals surface area (Å²) in [6.07, 6.45) is -0.296. The van der Waals surface area contributed by atoms with Crippen molar-refractivity contribution in [1.29, 1.82) is 0 Å². The van der Waals surface area contributed by atoms with E-state index in [4.69, 9.17) is 19.8 Å². The van der Waals surface area contributed by atoms with E-state index in [-0.39, 0.29) is 6.10 Å². The van der Waals surface area contributed by atoms with Crippen molar-refractivity contribution in [3.05, 3.63) is 48.0 Å². The van der Waals surface area contributed by atoms with Gasteiger partial charge < -0.3 is 20.6 Å². The summed E-state index contributed by atoms with van der Waals surface area (Å²) < 4.78 is 0. The Labute approximate surface area is 128 Å². The fourth-order valence-corrected chi connectivity index (χ4v) is 1.86. The van der Waals surface area contributed by atoms with E-state index in [1.807, 2.05) is 0 Å². The second-order valence-electron chi connectivity index (χ2n) is 4.73. The van der Waals surface area contributed by atoms with Gasteiger partial charge in [-0.25, -0.2) is 9.59 Å². The molecule has 6 nitrogen and oxygen atoms in total. The van der Waals surface area contributed by atoms with E-state index in [1.54, 1.807) is 6.92 Å². The molecule has 0 fully saturated rings. The molecule has 0 aliphatic carbocycles. The molecule has 0 saturated carbocycles. The molecule has 1 atom stereocenters. The van der Waals surface area contributed by atoms with Crippen LogP contribution in [-0.2, 0) is 16.1 Å². The van der Waals surface area contributed by atoms with Gasteiger partial charge in [0.15, 0.2) is 0 Å². The van der Waals surface area contributed by atoms with Crippen LogP contribution in [0.15, 0.2) is 42.5 Å². The van der Waals surface area contributed by atoms with Gasteiger partial charge in [-0.2, -0.15) is 0 Å². The molecule has 0 bridgehead atoms. The highest BCUT2D eigenvalue weighted by Crippen LogP contribution is 2.17. The van der Waals surface area contributed by atoms with E-state index in [2.05, 4.69) is 47.8 Å². The lowest BCUT2D eigenvalue weighted by atomic mass is 10.0. The van der Waals surface area contributed by atoms with E-state index >= 15 is 0 Å². The van der Waals surface area contributed by atoms with Crippen LogP contribution >= 0.6 is 0 Å². The number of carbonyl (C=O) groups is 2. The molecule has 0 aliphatic rings. The lowest BCUT2D eigenvalue weighted by molar-refractivity contribution is -0.159. The highest BCUT2D eigenvalue weighted by atomic mass is 16.4. The van der Waals surface area contributed by atoms with Crippen LogP contribution in [-0.4, -0.2) is 39.9 Å². The Balaban J connectivity index is 0.000000346. The average Bonchev–Trinajstić information content (AvgIpc) is 2.47. The normalized spacial score (nSPS) is 11.4. The molecular formula is C16H19NO5. The Bertz CT molecular complexity index is 622. The second kappa shape index (κ2) is 8.76. The van der Waals surface area contributed by atoms with Crippen molar-refractivity contribution in [3.8, 4) is 0 Å². The van der Waals surface area contributed by atoms with Crippen LogP contribution in [0.25, 0.3) is 10.8 Å². The Kier molecular flexibility index (Phi) is 7.01. The summed E-state index contributed by atoms with van der Waals surface area (Å²) in [5.74, 6) is -3.65. The minimum absolute atomic E-state index is 0.296. The fourth-order valence-electron chi connectivity index (χ4n) is 1.86. The largest absolute Gasteiger partial charge is 0.473 e. The SMILES string of the molecule is CC(O)CNCc1cccc2ccccc12.O=C(O)C(=O)O. The predicted octanol–water partition coefficient (Wildman–Crippen LogP) is 1.47. The van der Waals surface area contributed by atoms with Crippen LogP contribution in [0.5, 0.6) is 0 Å². The Hall–Kier alpha value is -2.44. The third-order valence-corrected chi connectivity index (χ3v) is 2.82. The van der Waals surface area contributed by atoms with Crippen molar-refractivity contribution >= 4 is 22.7 Å². The van der Waals surface area contributed by atoms with Gasteiger partial charge in [-0.1, -0.05) is 42.5 Å². The van der Waals surface area contributed by atoms with Crippen molar-refractivity contribution in [3.63, 3.8) is 0 Å². The summed E-state index contributed by atoms with van der Waals surface area (Å²) in [7, 11) is 0. The highest BCUT2D eigenvalue weighted by molar-refractivity contribution is 6.27. The smallest absolute Gasteiger partial charge is 0.414 e. The topological polar surface area (TPSA) is 107 Å². The van der Waals surface area contributed by atoms with E-state index in [0.717, 1.165) is 6.54 Å². The second-order valence-corrected chi connectivity index (χ2v) is 4.73. The molecule has 6 heteroatoms. The van der Waals surface area contributed by atoms with E-state index in [1.165, 1.54) is 16.3 Å². The average molecular weight is 305 g/mol. The Morgan fingerprint density at radius 3 is 2.23 bits per heavy atom. The van der Waals surface area contributed by atoms with Crippen molar-refractivity contribution < 1.29 is 24.9 Å². The first-order valence-electron chi connectivity index (χ1n) is 6.73. The number of carboxylic acids is 2. The minimum Gasteiger partial charge on any atom is -0.473 e. The molecule has 0 heterocycles. The monoisotopic (exact) mass is 305 g/mol. The first-order valence-corrected chi connectivity index (χ1v) is 6.73. The zero-order valence-corrected chi connectivity index (χ0v) is 12.2. The number of hydrogen-bond acceptors (Lipinski definition) is 4. The third-order valence-electron chi connectivity index (χ3n) is 2.82. The number of rotatable bonds is 4. The first kappa shape index (κ1) is 17.6. The number of aliphatic carboxylic acids is 2. The Morgan fingerprint density at radius 2 is 1.64 bits per heavy atom. The third kappa shape index (κ3) is 5.90. The summed E-state index contributed by atoms with van der Waals surface area (Å²) in [5.41, 5.74) is 1.28. The zero-order chi connectivity index (χ0) is 16.5. The summed E-state index contributed by atoms with van der Waals surface area (Å²) in [4.78, 5) is 18.2. The maximum absolute atomic E-state index is 9.18. The zero-order valence-electron chi connectivity index (χ0n) is 12.2. The molecule has 0 aliphatic heterocycles. The maximum Gasteiger partial charge on any atom is 0.414 e. The molecule has 118 valence electrons. The number of nitrogens with one attached hydrogen (secondary N) is 1. The van der Waals surface area contributed by atoms with Gasteiger partial charge in [0.2, 0.25) is 0 Å². The van der Waals surface area contributed by atoms with Crippen molar-refractivity contribution in [2.24, 2.45) is 0 Å². The quantitative estimate of drug-likeness (QED) is 0.637. The Morgan fingerprint density at radius 1 is 1.05 bits per heavy atom. The summed E-state index contributed by atoms with van der Waals surface area (Å²) in [6, 6.07) is 14.7. The van der Waals surface area contributed by atoms with Crippen molar-refractivity contribution in [2.45, 2.75) is 19.6 Å². The van der Waals surface area contributed by atoms with Gasteiger partial charge in [-0.3, -0.25) is 0 Å². The molecule has 2 aromatic carbocycles. The number of aliphatic hydroxyl groups is 1. The maximum atomic E-state index is 9.18. The van der Waals surface area contributed by atoms with Crippen LogP contribution in [0, 0.1) is 0 Å². The first-order chi connectivity index (χ1) is 10.4. The van der Waals surface area contributed by atoms with Crippen LogP contribution in [0.4, 0.5) is 0 Å². The van der Waals surface area contributed by atoms with Gasteiger partial charge in [0.25, 0.3) is 0 Å². The molecule has 4 N–H and O–H groups in total. The van der Waals surface area contributed by atoms with E-state index in [0.29, 0.717) is 6.54 Å². The molecule has 0 aromatic heterocycles. The van der Waals surface area contributed by atoms with Gasteiger partial charge in [0, 0.05) is 13.1 Å². The minimum atomic E-state index is -1.82. The van der Waals surface area contributed by atoms with Gasteiger partial charge in [0.05, 0.1) is 6.10 Å². The summed E-state index contributed by atoms with van der Waals surface area (Å²) in [6.45, 7) is 3.21. The molecular weight excluding hydrogens is 286 g/mol. The molecule has 0 radical (unpaired) electrons. The summed E-state index contributed by atoms with van der Waals surface area (Å²) in [5, 5.41) is 29.8. The molecule has 0 amide bonds. The number of fused-ring (bicyclic) bond motifs is 1. The van der Waals surface area contributed by atoms with Crippen LogP contribution in [0.2, 0.25) is 0 Å². The van der Waals surface area contributed by atoms with Gasteiger partial charge >= 0.3 is 11.9 Å². The van der Waals surface area contributed by atoms with Crippen LogP contribution in [0.1, 0.15) is 12.5 Å². The number of benzene rings is 2. The predicted molar refractivity (Wildman–Crippen MR) is 82.6 cm³/mol. The number of hydrogen-bond donors (Lipinski definition) is 4. The number of aliphatic hydroxyl groups excluding tert-OH is 1. The van der Waals surface area contributed by atoms with Gasteiger partial charge in [-0.15, -0.1) is 0 Å². The molecule has 2 aromatic rings. The van der Waals surface area contributed by atoms with Gasteiger partial charge in [-0.05, 0) is 23.3 Å². The van der Waals surface area contributed by atoms with E-state index < -0.39 is 11.9 Å². The molecule has 1 unspecified atom stereocenters. The highest BCUT2D eigenvalue weighted by Gasteiger charge is 2.04. The lowest BCUT2D eigenvalue weighted by Gasteiger charge is -2.09. The van der Waals surface area contributed by atoms with Crippen LogP contribution in [0.3, 0.4) is 0 Å². The standard InChI is InChI=1S/C14H17NO.C2H2O4/c1-11(16)9-15-10-13-7-4-6-12-5-2-3-8-14(12)13;3-1(4)2(5)6/h2-8,11,15-16H,9-10H2,1H3;(H,3,4)(H,5,6). The van der Waals surface area contributed by atoms with Gasteiger partial charge in [0.1, 0.15) is 0 Å². The number of carboxylic acid groups (broad SMARTS) is 2. The van der Waals surface area contributed by atoms with Crippen LogP contribution < -0.4 is 5.32 Å². The van der Waals surface area contributed by atoms with Crippen molar-refractivity contribution in [1.82, 2.24) is 5.32 Å². The fraction of sp³-hybridized carbons (Fsp3) is 0.250. The molecule has 0 saturated heterocycles. The molecule has 0 spiro atoms. The van der Waals surface area contributed by atoms with Crippen molar-refractivity contribution in [2.75, 3.05) is 6.54 Å². The summed E-state index contributed by atoms with van der Waals surface area (Å²) >= 11 is 0. The molecule has 2 rings (SSSR count). The molecule has 22 heavy (non-hydrogen) atoms. The van der Waals surface area contributed by atoms with E-state index in [9.17, 15) is 5.11 Å².